The van der Waals surface area contributed by atoms with Crippen molar-refractivity contribution in [3.63, 3.8) is 0 Å². The first kappa shape index (κ1) is 12.6. The summed E-state index contributed by atoms with van der Waals surface area (Å²) >= 11 is 3.56. The van der Waals surface area contributed by atoms with Crippen molar-refractivity contribution in [2.24, 2.45) is 11.1 Å². The first-order valence-corrected chi connectivity index (χ1v) is 7.51. The van der Waals surface area contributed by atoms with Gasteiger partial charge in [-0.3, -0.25) is 0 Å². The first-order chi connectivity index (χ1) is 8.68. The van der Waals surface area contributed by atoms with Crippen LogP contribution in [0.3, 0.4) is 0 Å². The summed E-state index contributed by atoms with van der Waals surface area (Å²) in [5, 5.41) is 0. The van der Waals surface area contributed by atoms with Crippen LogP contribution in [0.2, 0.25) is 0 Å². The minimum absolute atomic E-state index is 0.209. The smallest absolute Gasteiger partial charge is 0.0471 e. The van der Waals surface area contributed by atoms with Crippen LogP contribution in [0, 0.1) is 5.41 Å². The van der Waals surface area contributed by atoms with Crippen LogP contribution in [-0.2, 0) is 10.2 Å². The third kappa shape index (κ3) is 2.02. The largest absolute Gasteiger partial charge is 0.381 e. The normalized spacial score (nSPS) is 24.8. The number of hydrogen-bond acceptors (Lipinski definition) is 2. The molecule has 0 radical (unpaired) electrons. The van der Waals surface area contributed by atoms with Crippen molar-refractivity contribution >= 4 is 15.9 Å². The lowest BCUT2D eigenvalue weighted by Gasteiger charge is -2.58. The highest BCUT2D eigenvalue weighted by atomic mass is 79.9. The van der Waals surface area contributed by atoms with Crippen LogP contribution in [0.25, 0.3) is 0 Å². The topological polar surface area (TPSA) is 35.2 Å². The lowest BCUT2D eigenvalue weighted by molar-refractivity contribution is -0.0714. The summed E-state index contributed by atoms with van der Waals surface area (Å²) in [6.45, 7) is 2.62. The van der Waals surface area contributed by atoms with Crippen molar-refractivity contribution in [3.05, 3.63) is 34.3 Å². The van der Waals surface area contributed by atoms with Crippen LogP contribution >= 0.6 is 15.9 Å². The predicted molar refractivity (Wildman–Crippen MR) is 76.6 cm³/mol. The van der Waals surface area contributed by atoms with Gasteiger partial charge in [0.2, 0.25) is 0 Å². The molecular formula is C15H20BrNO. The molecular weight excluding hydrogens is 290 g/mol. The molecule has 0 bridgehead atoms. The number of hydrogen-bond donors (Lipinski definition) is 1. The SMILES string of the molecule is NCC1(c2cccc(Br)c2)CC2(CCOCC2)C1. The molecule has 3 heteroatoms. The van der Waals surface area contributed by atoms with Crippen molar-refractivity contribution in [3.8, 4) is 0 Å². The van der Waals surface area contributed by atoms with Gasteiger partial charge in [-0.05, 0) is 48.8 Å². The van der Waals surface area contributed by atoms with Crippen LogP contribution in [-0.4, -0.2) is 19.8 Å². The van der Waals surface area contributed by atoms with Gasteiger partial charge in [0, 0.05) is 29.6 Å². The second kappa shape index (κ2) is 4.62. The van der Waals surface area contributed by atoms with Crippen LogP contribution in [0.15, 0.2) is 28.7 Å². The van der Waals surface area contributed by atoms with Gasteiger partial charge in [0.25, 0.3) is 0 Å². The van der Waals surface area contributed by atoms with Crippen molar-refractivity contribution in [2.75, 3.05) is 19.8 Å². The van der Waals surface area contributed by atoms with Crippen LogP contribution in [0.5, 0.6) is 0 Å². The molecule has 3 rings (SSSR count). The van der Waals surface area contributed by atoms with Gasteiger partial charge in [0.15, 0.2) is 0 Å². The van der Waals surface area contributed by atoms with E-state index in [2.05, 4.69) is 40.2 Å². The van der Waals surface area contributed by atoms with E-state index in [1.54, 1.807) is 0 Å². The molecule has 1 aliphatic heterocycles. The summed E-state index contributed by atoms with van der Waals surface area (Å²) in [5.41, 5.74) is 8.22. The van der Waals surface area contributed by atoms with Crippen molar-refractivity contribution < 1.29 is 4.74 Å². The van der Waals surface area contributed by atoms with E-state index in [4.69, 9.17) is 10.5 Å². The molecule has 1 saturated heterocycles. The van der Waals surface area contributed by atoms with E-state index in [0.29, 0.717) is 5.41 Å². The van der Waals surface area contributed by atoms with E-state index in [-0.39, 0.29) is 5.41 Å². The Kier molecular flexibility index (Phi) is 3.25. The lowest BCUT2D eigenvalue weighted by atomic mass is 9.48. The summed E-state index contributed by atoms with van der Waals surface area (Å²) in [5.74, 6) is 0. The standard InChI is InChI=1S/C15H20BrNO/c16-13-3-1-2-12(8-13)15(11-17)9-14(10-15)4-6-18-7-5-14/h1-3,8H,4-7,9-11,17H2. The highest BCUT2D eigenvalue weighted by molar-refractivity contribution is 9.10. The van der Waals surface area contributed by atoms with Crippen LogP contribution in [0.1, 0.15) is 31.2 Å². The van der Waals surface area contributed by atoms with Gasteiger partial charge in [-0.25, -0.2) is 0 Å². The zero-order valence-corrected chi connectivity index (χ0v) is 12.2. The van der Waals surface area contributed by atoms with Gasteiger partial charge in [0.05, 0.1) is 0 Å². The Bertz CT molecular complexity index is 432. The van der Waals surface area contributed by atoms with Crippen molar-refractivity contribution in [2.45, 2.75) is 31.1 Å². The second-order valence-corrected chi connectivity index (χ2v) is 6.88. The molecule has 2 fully saturated rings. The van der Waals surface area contributed by atoms with E-state index in [0.717, 1.165) is 24.2 Å². The Morgan fingerprint density at radius 1 is 1.22 bits per heavy atom. The molecule has 0 amide bonds. The van der Waals surface area contributed by atoms with E-state index in [9.17, 15) is 0 Å². The molecule has 1 aliphatic carbocycles. The summed E-state index contributed by atoms with van der Waals surface area (Å²) in [6, 6.07) is 8.66. The Hall–Kier alpha value is -0.380. The van der Waals surface area contributed by atoms with E-state index in [1.165, 1.54) is 31.2 Å². The summed E-state index contributed by atoms with van der Waals surface area (Å²) < 4.78 is 6.64. The molecule has 2 nitrogen and oxygen atoms in total. The first-order valence-electron chi connectivity index (χ1n) is 6.72. The summed E-state index contributed by atoms with van der Waals surface area (Å²) in [6.07, 6.45) is 4.89. The third-order valence-electron chi connectivity index (χ3n) is 4.81. The Labute approximate surface area is 117 Å². The monoisotopic (exact) mass is 309 g/mol. The van der Waals surface area contributed by atoms with Gasteiger partial charge in [-0.15, -0.1) is 0 Å². The highest BCUT2D eigenvalue weighted by Crippen LogP contribution is 2.59. The fraction of sp³-hybridized carbons (Fsp3) is 0.600. The Morgan fingerprint density at radius 3 is 2.56 bits per heavy atom. The van der Waals surface area contributed by atoms with Gasteiger partial charge >= 0.3 is 0 Å². The lowest BCUT2D eigenvalue weighted by Crippen LogP contribution is -2.55. The van der Waals surface area contributed by atoms with Crippen molar-refractivity contribution in [1.82, 2.24) is 0 Å². The molecule has 98 valence electrons. The molecule has 18 heavy (non-hydrogen) atoms. The highest BCUT2D eigenvalue weighted by Gasteiger charge is 2.54. The van der Waals surface area contributed by atoms with E-state index < -0.39 is 0 Å². The molecule has 0 atom stereocenters. The molecule has 1 spiro atoms. The van der Waals surface area contributed by atoms with Crippen molar-refractivity contribution in [1.29, 1.82) is 0 Å². The third-order valence-corrected chi connectivity index (χ3v) is 5.30. The maximum atomic E-state index is 6.09. The number of benzene rings is 1. The average Bonchev–Trinajstić information content (AvgIpc) is 2.36. The van der Waals surface area contributed by atoms with Gasteiger partial charge in [-0.1, -0.05) is 28.1 Å². The molecule has 1 aromatic carbocycles. The molecule has 1 saturated carbocycles. The summed E-state index contributed by atoms with van der Waals surface area (Å²) in [7, 11) is 0. The minimum Gasteiger partial charge on any atom is -0.381 e. The number of ether oxygens (including phenoxy) is 1. The Balaban J connectivity index is 1.82. The average molecular weight is 310 g/mol. The maximum Gasteiger partial charge on any atom is 0.0471 e. The molecule has 1 aromatic rings. The van der Waals surface area contributed by atoms with Crippen LogP contribution in [0.4, 0.5) is 0 Å². The second-order valence-electron chi connectivity index (χ2n) is 5.96. The molecule has 0 aromatic heterocycles. The zero-order valence-electron chi connectivity index (χ0n) is 10.6. The van der Waals surface area contributed by atoms with Gasteiger partial charge in [0.1, 0.15) is 0 Å². The Morgan fingerprint density at radius 2 is 1.94 bits per heavy atom. The van der Waals surface area contributed by atoms with Crippen LogP contribution < -0.4 is 5.73 Å². The van der Waals surface area contributed by atoms with Gasteiger partial charge in [-0.2, -0.15) is 0 Å². The van der Waals surface area contributed by atoms with E-state index >= 15 is 0 Å². The molecule has 2 N–H and O–H groups in total. The maximum absolute atomic E-state index is 6.09. The number of rotatable bonds is 2. The quantitative estimate of drug-likeness (QED) is 0.910. The minimum atomic E-state index is 0.209. The number of halogens is 1. The molecule has 2 aliphatic rings. The predicted octanol–water partition coefficient (Wildman–Crippen LogP) is 3.24. The summed E-state index contributed by atoms with van der Waals surface area (Å²) in [4.78, 5) is 0. The van der Waals surface area contributed by atoms with E-state index in [1.807, 2.05) is 0 Å². The molecule has 1 heterocycles. The fourth-order valence-corrected chi connectivity index (χ4v) is 4.23. The van der Waals surface area contributed by atoms with Gasteiger partial charge < -0.3 is 10.5 Å². The fourth-order valence-electron chi connectivity index (χ4n) is 3.83. The molecule has 0 unspecified atom stereocenters. The number of nitrogens with two attached hydrogens (primary N) is 1. The zero-order chi connectivity index (χ0) is 12.6.